The van der Waals surface area contributed by atoms with Gasteiger partial charge in [0, 0.05) is 18.6 Å². The molecule has 0 fully saturated rings. The predicted molar refractivity (Wildman–Crippen MR) is 148 cm³/mol. The van der Waals surface area contributed by atoms with Gasteiger partial charge in [0.15, 0.2) is 12.6 Å². The lowest BCUT2D eigenvalue weighted by Crippen LogP contribution is -2.27. The third kappa shape index (κ3) is 6.96. The standard InChI is InChI=1S/C32H42O4/c1-5-9-13-19-32(28-14-11-10-12-15-28)20-18-29(25(6-2)22-32)26-16-17-30(27(21-26)23-33)36-24-31(34-7-3)35-8-4/h10-12,14-18,20-21,23,31H,5-9,13,19,22,24H2,1-4H3. The Hall–Kier alpha value is -2.69. The molecule has 194 valence electrons. The zero-order valence-electron chi connectivity index (χ0n) is 22.4. The van der Waals surface area contributed by atoms with Gasteiger partial charge in [-0.15, -0.1) is 0 Å². The molecule has 2 aromatic carbocycles. The summed E-state index contributed by atoms with van der Waals surface area (Å²) in [5.41, 5.74) is 5.65. The van der Waals surface area contributed by atoms with E-state index in [-0.39, 0.29) is 12.0 Å². The van der Waals surface area contributed by atoms with Crippen LogP contribution in [0, 0.1) is 0 Å². The molecule has 0 spiro atoms. The van der Waals surface area contributed by atoms with Crippen LogP contribution in [0.25, 0.3) is 5.57 Å². The van der Waals surface area contributed by atoms with E-state index in [1.807, 2.05) is 26.0 Å². The number of allylic oxidation sites excluding steroid dienone is 4. The van der Waals surface area contributed by atoms with E-state index in [1.165, 1.54) is 36.0 Å². The maximum Gasteiger partial charge on any atom is 0.191 e. The van der Waals surface area contributed by atoms with Gasteiger partial charge >= 0.3 is 0 Å². The van der Waals surface area contributed by atoms with Crippen molar-refractivity contribution >= 4 is 11.9 Å². The van der Waals surface area contributed by atoms with Crippen LogP contribution >= 0.6 is 0 Å². The second-order valence-electron chi connectivity index (χ2n) is 9.38. The lowest BCUT2D eigenvalue weighted by atomic mass is 9.67. The summed E-state index contributed by atoms with van der Waals surface area (Å²) in [6.45, 7) is 9.65. The average Bonchev–Trinajstić information content (AvgIpc) is 2.92. The van der Waals surface area contributed by atoms with Crippen LogP contribution < -0.4 is 4.74 Å². The first-order valence-electron chi connectivity index (χ1n) is 13.5. The van der Waals surface area contributed by atoms with E-state index in [1.54, 1.807) is 0 Å². The maximum atomic E-state index is 12.0. The Bertz CT molecular complexity index is 1020. The summed E-state index contributed by atoms with van der Waals surface area (Å²) < 4.78 is 17.0. The fourth-order valence-electron chi connectivity index (χ4n) is 5.10. The first-order chi connectivity index (χ1) is 17.6. The van der Waals surface area contributed by atoms with Crippen molar-refractivity contribution in [2.45, 2.75) is 77.9 Å². The van der Waals surface area contributed by atoms with Gasteiger partial charge in [0.2, 0.25) is 0 Å². The van der Waals surface area contributed by atoms with Crippen LogP contribution in [0.5, 0.6) is 5.75 Å². The number of ether oxygens (including phenoxy) is 3. The molecule has 0 amide bonds. The minimum atomic E-state index is -0.450. The van der Waals surface area contributed by atoms with Crippen LogP contribution in [0.15, 0.2) is 66.3 Å². The summed E-state index contributed by atoms with van der Waals surface area (Å²) >= 11 is 0. The summed E-state index contributed by atoms with van der Waals surface area (Å²) in [5.74, 6) is 0.551. The summed E-state index contributed by atoms with van der Waals surface area (Å²) in [5, 5.41) is 0. The quantitative estimate of drug-likeness (QED) is 0.144. The van der Waals surface area contributed by atoms with Gasteiger partial charge in [0.1, 0.15) is 12.4 Å². The average molecular weight is 491 g/mol. The second-order valence-corrected chi connectivity index (χ2v) is 9.38. The predicted octanol–water partition coefficient (Wildman–Crippen LogP) is 7.92. The summed E-state index contributed by atoms with van der Waals surface area (Å²) in [4.78, 5) is 12.0. The van der Waals surface area contributed by atoms with E-state index in [4.69, 9.17) is 14.2 Å². The molecule has 0 heterocycles. The van der Waals surface area contributed by atoms with Crippen molar-refractivity contribution in [1.82, 2.24) is 0 Å². The summed E-state index contributed by atoms with van der Waals surface area (Å²) in [6, 6.07) is 16.8. The minimum absolute atomic E-state index is 0.0232. The first-order valence-corrected chi connectivity index (χ1v) is 13.5. The third-order valence-electron chi connectivity index (χ3n) is 7.01. The fraction of sp³-hybridized carbons (Fsp3) is 0.469. The number of carbonyl (C=O) groups is 1. The van der Waals surface area contributed by atoms with Crippen molar-refractivity contribution in [2.24, 2.45) is 0 Å². The van der Waals surface area contributed by atoms with Gasteiger partial charge < -0.3 is 14.2 Å². The Balaban J connectivity index is 1.87. The highest BCUT2D eigenvalue weighted by Gasteiger charge is 2.33. The van der Waals surface area contributed by atoms with Crippen molar-refractivity contribution in [3.05, 3.63) is 82.9 Å². The molecule has 3 rings (SSSR count). The van der Waals surface area contributed by atoms with Gasteiger partial charge in [-0.1, -0.05) is 87.2 Å². The second kappa shape index (κ2) is 14.2. The van der Waals surface area contributed by atoms with Crippen LogP contribution in [-0.4, -0.2) is 32.4 Å². The Kier molecular flexibility index (Phi) is 11.0. The first kappa shape index (κ1) is 27.9. The van der Waals surface area contributed by atoms with Gasteiger partial charge in [-0.05, 0) is 61.9 Å². The summed E-state index contributed by atoms with van der Waals surface area (Å²) in [7, 11) is 0. The highest BCUT2D eigenvalue weighted by atomic mass is 16.7. The molecule has 0 N–H and O–H groups in total. The largest absolute Gasteiger partial charge is 0.488 e. The Morgan fingerprint density at radius 1 is 0.972 bits per heavy atom. The monoisotopic (exact) mass is 490 g/mol. The van der Waals surface area contributed by atoms with Gasteiger partial charge in [-0.2, -0.15) is 0 Å². The Morgan fingerprint density at radius 3 is 2.36 bits per heavy atom. The third-order valence-corrected chi connectivity index (χ3v) is 7.01. The molecule has 1 aliphatic carbocycles. The molecular weight excluding hydrogens is 448 g/mol. The van der Waals surface area contributed by atoms with E-state index in [0.29, 0.717) is 24.5 Å². The van der Waals surface area contributed by atoms with E-state index in [9.17, 15) is 4.79 Å². The molecule has 0 saturated heterocycles. The molecular formula is C32H42O4. The fourth-order valence-corrected chi connectivity index (χ4v) is 5.10. The molecule has 1 atom stereocenters. The number of carbonyl (C=O) groups excluding carboxylic acids is 1. The number of hydrogen-bond acceptors (Lipinski definition) is 4. The smallest absolute Gasteiger partial charge is 0.191 e. The van der Waals surface area contributed by atoms with Crippen molar-refractivity contribution in [3.63, 3.8) is 0 Å². The number of aldehydes is 1. The van der Waals surface area contributed by atoms with Gasteiger partial charge in [0.05, 0.1) is 5.56 Å². The molecule has 4 heteroatoms. The van der Waals surface area contributed by atoms with Crippen molar-refractivity contribution < 1.29 is 19.0 Å². The van der Waals surface area contributed by atoms with Gasteiger partial charge in [0.25, 0.3) is 0 Å². The van der Waals surface area contributed by atoms with Crippen molar-refractivity contribution in [3.8, 4) is 5.75 Å². The lowest BCUT2D eigenvalue weighted by Gasteiger charge is -2.36. The minimum Gasteiger partial charge on any atom is -0.488 e. The Labute approximate surface area is 217 Å². The molecule has 2 aromatic rings. The molecule has 0 bridgehead atoms. The van der Waals surface area contributed by atoms with E-state index in [2.05, 4.69) is 62.4 Å². The molecule has 4 nitrogen and oxygen atoms in total. The van der Waals surface area contributed by atoms with Gasteiger partial charge in [-0.25, -0.2) is 0 Å². The molecule has 1 aliphatic rings. The topological polar surface area (TPSA) is 44.8 Å². The maximum absolute atomic E-state index is 12.0. The molecule has 1 unspecified atom stereocenters. The number of unbranched alkanes of at least 4 members (excludes halogenated alkanes) is 2. The lowest BCUT2D eigenvalue weighted by molar-refractivity contribution is -0.152. The molecule has 0 radical (unpaired) electrons. The molecule has 0 aliphatic heterocycles. The van der Waals surface area contributed by atoms with E-state index in [0.717, 1.165) is 31.1 Å². The normalized spacial score (nSPS) is 17.6. The van der Waals surface area contributed by atoms with Crippen LogP contribution in [0.2, 0.25) is 0 Å². The molecule has 0 aromatic heterocycles. The molecule has 0 saturated carbocycles. The Morgan fingerprint density at radius 2 is 1.72 bits per heavy atom. The number of hydrogen-bond donors (Lipinski definition) is 0. The summed E-state index contributed by atoms with van der Waals surface area (Å²) in [6.07, 6.45) is 11.9. The van der Waals surface area contributed by atoms with Crippen molar-refractivity contribution in [1.29, 1.82) is 0 Å². The highest BCUT2D eigenvalue weighted by Crippen LogP contribution is 2.45. The van der Waals surface area contributed by atoms with E-state index >= 15 is 0 Å². The SMILES string of the molecule is CCCCCC1(c2ccccc2)C=CC(c2ccc(OCC(OCC)OCC)c(C=O)c2)=C(CC)C1. The number of rotatable bonds is 15. The van der Waals surface area contributed by atoms with Crippen LogP contribution in [0.1, 0.15) is 87.7 Å². The highest BCUT2D eigenvalue weighted by molar-refractivity contribution is 5.85. The zero-order chi connectivity index (χ0) is 25.8. The zero-order valence-corrected chi connectivity index (χ0v) is 22.4. The van der Waals surface area contributed by atoms with Crippen LogP contribution in [0.4, 0.5) is 0 Å². The number of benzene rings is 2. The van der Waals surface area contributed by atoms with Gasteiger partial charge in [-0.3, -0.25) is 4.79 Å². The van der Waals surface area contributed by atoms with Crippen LogP contribution in [-0.2, 0) is 14.9 Å². The van der Waals surface area contributed by atoms with Crippen LogP contribution in [0.3, 0.4) is 0 Å². The van der Waals surface area contributed by atoms with Crippen molar-refractivity contribution in [2.75, 3.05) is 19.8 Å². The molecule has 36 heavy (non-hydrogen) atoms. The van der Waals surface area contributed by atoms with E-state index < -0.39 is 6.29 Å².